The molecule has 0 atom stereocenters. The van der Waals surface area contributed by atoms with E-state index in [9.17, 15) is 9.90 Å². The van der Waals surface area contributed by atoms with E-state index in [1.54, 1.807) is 48.5 Å². The molecule has 0 fully saturated rings. The minimum atomic E-state index is -1.18. The van der Waals surface area contributed by atoms with Crippen LogP contribution in [0.5, 0.6) is 23.5 Å². The molecule has 3 aromatic rings. The van der Waals surface area contributed by atoms with Gasteiger partial charge in [0.15, 0.2) is 0 Å². The second-order valence-electron chi connectivity index (χ2n) is 5.26. The Kier molecular flexibility index (Phi) is 6.03. The van der Waals surface area contributed by atoms with Gasteiger partial charge in [-0.2, -0.15) is 9.97 Å². The number of methoxy groups -OCH3 is 1. The van der Waals surface area contributed by atoms with Gasteiger partial charge in [0, 0.05) is 5.56 Å². The summed E-state index contributed by atoms with van der Waals surface area (Å²) in [7, 11) is 1.35. The van der Waals surface area contributed by atoms with Crippen LogP contribution >= 0.6 is 11.6 Å². The Hall–Kier alpha value is -3.65. The van der Waals surface area contributed by atoms with Gasteiger partial charge in [-0.25, -0.2) is 4.79 Å². The molecule has 1 N–H and O–H groups in total. The largest absolute Gasteiger partial charge is 0.503 e. The Morgan fingerprint density at radius 1 is 0.964 bits per heavy atom. The van der Waals surface area contributed by atoms with Gasteiger partial charge in [-0.1, -0.05) is 36.4 Å². The standard InChI is InChI=1S/C19H14ClN3O5/c1-26-11-14(16(24)25)13-9-5-6-10-15(13)28-19-22-17(20)21-18(23-19)27-12-7-3-2-4-8-12/h2-11H,1H3,(H,24,25)/b14-11+. The van der Waals surface area contributed by atoms with E-state index in [2.05, 4.69) is 15.0 Å². The van der Waals surface area contributed by atoms with Gasteiger partial charge in [-0.3, -0.25) is 0 Å². The summed E-state index contributed by atoms with van der Waals surface area (Å²) in [6, 6.07) is 15.1. The number of benzene rings is 2. The molecular formula is C19H14ClN3O5. The van der Waals surface area contributed by atoms with Crippen molar-refractivity contribution in [3.63, 3.8) is 0 Å². The van der Waals surface area contributed by atoms with Gasteiger partial charge < -0.3 is 19.3 Å². The maximum absolute atomic E-state index is 11.5. The fraction of sp³-hybridized carbons (Fsp3) is 0.0526. The van der Waals surface area contributed by atoms with Crippen molar-refractivity contribution in [1.29, 1.82) is 0 Å². The summed E-state index contributed by atoms with van der Waals surface area (Å²) >= 11 is 5.94. The number of aromatic nitrogens is 3. The van der Waals surface area contributed by atoms with Crippen LogP contribution in [0.15, 0.2) is 60.9 Å². The third kappa shape index (κ3) is 4.74. The smallest absolute Gasteiger partial charge is 0.339 e. The van der Waals surface area contributed by atoms with Crippen LogP contribution in [0, 0.1) is 0 Å². The van der Waals surface area contributed by atoms with Crippen molar-refractivity contribution < 1.29 is 24.1 Å². The Labute approximate surface area is 165 Å². The monoisotopic (exact) mass is 399 g/mol. The lowest BCUT2D eigenvalue weighted by Gasteiger charge is -2.11. The number of para-hydroxylation sites is 2. The van der Waals surface area contributed by atoms with Crippen molar-refractivity contribution in [3.05, 3.63) is 71.7 Å². The van der Waals surface area contributed by atoms with E-state index in [4.69, 9.17) is 25.8 Å². The number of carbonyl (C=O) groups is 1. The second kappa shape index (κ2) is 8.83. The van der Waals surface area contributed by atoms with Gasteiger partial charge in [0.1, 0.15) is 17.1 Å². The maximum Gasteiger partial charge on any atom is 0.339 e. The molecule has 9 heteroatoms. The van der Waals surface area contributed by atoms with E-state index >= 15 is 0 Å². The molecule has 0 spiro atoms. The number of ether oxygens (including phenoxy) is 3. The topological polar surface area (TPSA) is 104 Å². The van der Waals surface area contributed by atoms with E-state index in [0.717, 1.165) is 6.26 Å². The molecule has 8 nitrogen and oxygen atoms in total. The number of nitrogens with zero attached hydrogens (tertiary/aromatic N) is 3. The van der Waals surface area contributed by atoms with Gasteiger partial charge in [-0.05, 0) is 29.8 Å². The van der Waals surface area contributed by atoms with E-state index in [-0.39, 0.29) is 34.2 Å². The fourth-order valence-corrected chi connectivity index (χ4v) is 2.37. The Morgan fingerprint density at radius 3 is 2.29 bits per heavy atom. The molecule has 3 rings (SSSR count). The number of halogens is 1. The maximum atomic E-state index is 11.5. The van der Waals surface area contributed by atoms with E-state index < -0.39 is 5.97 Å². The summed E-state index contributed by atoms with van der Waals surface area (Å²) in [5, 5.41) is 9.27. The first-order chi connectivity index (χ1) is 13.6. The van der Waals surface area contributed by atoms with Crippen molar-refractivity contribution in [2.45, 2.75) is 0 Å². The Balaban J connectivity index is 1.92. The van der Waals surface area contributed by atoms with Crippen molar-refractivity contribution in [1.82, 2.24) is 15.0 Å². The van der Waals surface area contributed by atoms with Crippen LogP contribution in [0.4, 0.5) is 0 Å². The molecule has 0 aliphatic heterocycles. The van der Waals surface area contributed by atoms with Crippen LogP contribution < -0.4 is 9.47 Å². The van der Waals surface area contributed by atoms with Crippen LogP contribution in [-0.4, -0.2) is 33.1 Å². The van der Waals surface area contributed by atoms with Gasteiger partial charge in [0.05, 0.1) is 13.4 Å². The summed E-state index contributed by atoms with van der Waals surface area (Å²) < 4.78 is 16.0. The lowest BCUT2D eigenvalue weighted by Crippen LogP contribution is -2.04. The summed E-state index contributed by atoms with van der Waals surface area (Å²) in [5.74, 6) is -0.479. The normalized spacial score (nSPS) is 11.0. The third-order valence-corrected chi connectivity index (χ3v) is 3.53. The number of carboxylic acid groups (broad SMARTS) is 1. The number of rotatable bonds is 7. The minimum Gasteiger partial charge on any atom is -0.503 e. The van der Waals surface area contributed by atoms with Crippen LogP contribution in [-0.2, 0) is 9.53 Å². The molecule has 0 unspecified atom stereocenters. The average Bonchev–Trinajstić information content (AvgIpc) is 2.67. The SMILES string of the molecule is CO/C=C(/C(=O)O)c1ccccc1Oc1nc(Cl)nc(Oc2ccccc2)n1. The molecule has 2 aromatic carbocycles. The lowest BCUT2D eigenvalue weighted by atomic mass is 10.1. The highest BCUT2D eigenvalue weighted by Crippen LogP contribution is 2.30. The second-order valence-corrected chi connectivity index (χ2v) is 5.59. The first-order valence-electron chi connectivity index (χ1n) is 7.95. The highest BCUT2D eigenvalue weighted by atomic mass is 35.5. The molecule has 0 saturated heterocycles. The molecule has 1 heterocycles. The van der Waals surface area contributed by atoms with Gasteiger partial charge in [0.25, 0.3) is 0 Å². The van der Waals surface area contributed by atoms with Crippen LogP contribution in [0.1, 0.15) is 5.56 Å². The van der Waals surface area contributed by atoms with Crippen LogP contribution in [0.2, 0.25) is 5.28 Å². The van der Waals surface area contributed by atoms with E-state index in [1.807, 2.05) is 6.07 Å². The quantitative estimate of drug-likeness (QED) is 0.466. The Bertz CT molecular complexity index is 1010. The van der Waals surface area contributed by atoms with Gasteiger partial charge >= 0.3 is 18.0 Å². The summed E-state index contributed by atoms with van der Waals surface area (Å²) in [6.07, 6.45) is 1.11. The van der Waals surface area contributed by atoms with E-state index in [0.29, 0.717) is 5.75 Å². The Morgan fingerprint density at radius 2 is 1.61 bits per heavy atom. The van der Waals surface area contributed by atoms with Crippen LogP contribution in [0.25, 0.3) is 5.57 Å². The van der Waals surface area contributed by atoms with Crippen molar-refractivity contribution in [2.24, 2.45) is 0 Å². The van der Waals surface area contributed by atoms with Crippen molar-refractivity contribution in [3.8, 4) is 23.5 Å². The zero-order chi connectivity index (χ0) is 19.9. The molecule has 0 aliphatic carbocycles. The molecule has 0 amide bonds. The van der Waals surface area contributed by atoms with Gasteiger partial charge in [-0.15, -0.1) is 4.98 Å². The summed E-state index contributed by atoms with van der Waals surface area (Å²) in [5.41, 5.74) is 0.179. The number of hydrogen-bond donors (Lipinski definition) is 1. The van der Waals surface area contributed by atoms with E-state index in [1.165, 1.54) is 7.11 Å². The average molecular weight is 400 g/mol. The molecule has 1 aromatic heterocycles. The number of hydrogen-bond acceptors (Lipinski definition) is 7. The highest BCUT2D eigenvalue weighted by Gasteiger charge is 2.18. The molecule has 142 valence electrons. The molecule has 0 aliphatic rings. The van der Waals surface area contributed by atoms with Crippen molar-refractivity contribution in [2.75, 3.05) is 7.11 Å². The molecule has 0 bridgehead atoms. The zero-order valence-electron chi connectivity index (χ0n) is 14.6. The molecule has 28 heavy (non-hydrogen) atoms. The minimum absolute atomic E-state index is 0.0652. The number of carboxylic acids is 1. The predicted molar refractivity (Wildman–Crippen MR) is 100 cm³/mol. The molecule has 0 radical (unpaired) electrons. The third-order valence-electron chi connectivity index (χ3n) is 3.36. The molecular weight excluding hydrogens is 386 g/mol. The summed E-state index contributed by atoms with van der Waals surface area (Å²) in [6.45, 7) is 0. The molecule has 0 saturated carbocycles. The lowest BCUT2D eigenvalue weighted by molar-refractivity contribution is -0.130. The zero-order valence-corrected chi connectivity index (χ0v) is 15.3. The van der Waals surface area contributed by atoms with Crippen molar-refractivity contribution >= 4 is 23.1 Å². The highest BCUT2D eigenvalue weighted by molar-refractivity contribution is 6.28. The first-order valence-corrected chi connectivity index (χ1v) is 8.32. The van der Waals surface area contributed by atoms with Gasteiger partial charge in [0.2, 0.25) is 5.28 Å². The number of aliphatic carboxylic acids is 1. The first kappa shape index (κ1) is 19.1. The summed E-state index contributed by atoms with van der Waals surface area (Å²) in [4.78, 5) is 23.4. The fourth-order valence-electron chi connectivity index (χ4n) is 2.22. The van der Waals surface area contributed by atoms with Crippen LogP contribution in [0.3, 0.4) is 0 Å². The predicted octanol–water partition coefficient (Wildman–Crippen LogP) is 4.18.